The van der Waals surface area contributed by atoms with Gasteiger partial charge in [0.25, 0.3) is 0 Å². The van der Waals surface area contributed by atoms with Crippen molar-refractivity contribution in [3.8, 4) is 11.1 Å². The lowest BCUT2D eigenvalue weighted by Gasteiger charge is -2.29. The number of hydrogen-bond acceptors (Lipinski definition) is 3. The van der Waals surface area contributed by atoms with Crippen LogP contribution < -0.4 is 10.2 Å². The summed E-state index contributed by atoms with van der Waals surface area (Å²) in [6.45, 7) is 3.99. The minimum Gasteiger partial charge on any atom is -0.354 e. The molecule has 0 aliphatic carbocycles. The van der Waals surface area contributed by atoms with E-state index in [-0.39, 0.29) is 0 Å². The first kappa shape index (κ1) is 14.5. The maximum absolute atomic E-state index is 6.04. The first-order valence-electron chi connectivity index (χ1n) is 7.93. The molecule has 0 radical (unpaired) electrons. The molecule has 1 aliphatic rings. The predicted octanol–water partition coefficient (Wildman–Crippen LogP) is 3.96. The number of anilines is 1. The van der Waals surface area contributed by atoms with Crippen LogP contribution in [0, 0.1) is 0 Å². The van der Waals surface area contributed by atoms with E-state index < -0.39 is 0 Å². The van der Waals surface area contributed by atoms with E-state index in [4.69, 9.17) is 16.6 Å². The number of nitrogens with zero attached hydrogens (tertiary/aromatic N) is 2. The van der Waals surface area contributed by atoms with Gasteiger partial charge in [0.15, 0.2) is 0 Å². The third-order valence-corrected chi connectivity index (χ3v) is 4.55. The standard InChI is InChI=1S/C19H18ClN3/c20-15-7-5-14(6-8-15)17-13-19(23-11-9-21-10-12-23)22-18-4-2-1-3-16(17)18/h1-8,13,21H,9-12H2. The molecule has 0 bridgehead atoms. The average molecular weight is 324 g/mol. The molecule has 0 unspecified atom stereocenters. The van der Waals surface area contributed by atoms with Crippen molar-refractivity contribution in [3.63, 3.8) is 0 Å². The highest BCUT2D eigenvalue weighted by Crippen LogP contribution is 2.32. The van der Waals surface area contributed by atoms with Gasteiger partial charge >= 0.3 is 0 Å². The number of benzene rings is 2. The van der Waals surface area contributed by atoms with Crippen LogP contribution in [-0.2, 0) is 0 Å². The van der Waals surface area contributed by atoms with Crippen molar-refractivity contribution in [3.05, 3.63) is 59.6 Å². The van der Waals surface area contributed by atoms with E-state index in [2.05, 4.69) is 46.6 Å². The summed E-state index contributed by atoms with van der Waals surface area (Å²) in [4.78, 5) is 7.22. The van der Waals surface area contributed by atoms with Gasteiger partial charge in [-0.2, -0.15) is 0 Å². The van der Waals surface area contributed by atoms with Gasteiger partial charge in [-0.15, -0.1) is 0 Å². The summed E-state index contributed by atoms with van der Waals surface area (Å²) in [5, 5.41) is 5.32. The number of halogens is 1. The Bertz CT molecular complexity index is 824. The molecule has 3 aromatic rings. The second-order valence-corrected chi connectivity index (χ2v) is 6.23. The van der Waals surface area contributed by atoms with E-state index in [1.54, 1.807) is 0 Å². The van der Waals surface area contributed by atoms with Crippen LogP contribution in [0.25, 0.3) is 22.0 Å². The first-order valence-corrected chi connectivity index (χ1v) is 8.30. The van der Waals surface area contributed by atoms with Crippen molar-refractivity contribution in [2.75, 3.05) is 31.1 Å². The van der Waals surface area contributed by atoms with E-state index >= 15 is 0 Å². The molecule has 1 fully saturated rings. The molecule has 1 aliphatic heterocycles. The summed E-state index contributed by atoms with van der Waals surface area (Å²) in [6.07, 6.45) is 0. The van der Waals surface area contributed by atoms with Gasteiger partial charge in [-0.1, -0.05) is 41.9 Å². The predicted molar refractivity (Wildman–Crippen MR) is 97.3 cm³/mol. The zero-order valence-corrected chi connectivity index (χ0v) is 13.6. The Kier molecular flexibility index (Phi) is 3.90. The molecule has 0 saturated carbocycles. The van der Waals surface area contributed by atoms with Crippen LogP contribution in [-0.4, -0.2) is 31.2 Å². The lowest BCUT2D eigenvalue weighted by Crippen LogP contribution is -2.43. The fourth-order valence-electron chi connectivity index (χ4n) is 3.09. The molecule has 116 valence electrons. The van der Waals surface area contributed by atoms with Crippen molar-refractivity contribution >= 4 is 28.3 Å². The van der Waals surface area contributed by atoms with E-state index in [1.165, 1.54) is 16.5 Å². The fourth-order valence-corrected chi connectivity index (χ4v) is 3.21. The zero-order valence-electron chi connectivity index (χ0n) is 12.8. The molecule has 2 aromatic carbocycles. The molecule has 0 amide bonds. The Hall–Kier alpha value is -2.10. The van der Waals surface area contributed by atoms with Gasteiger partial charge in [-0.05, 0) is 35.4 Å². The normalized spacial score (nSPS) is 15.1. The highest BCUT2D eigenvalue weighted by Gasteiger charge is 2.15. The van der Waals surface area contributed by atoms with Crippen LogP contribution in [0.15, 0.2) is 54.6 Å². The van der Waals surface area contributed by atoms with Crippen LogP contribution >= 0.6 is 11.6 Å². The fraction of sp³-hybridized carbons (Fsp3) is 0.211. The maximum Gasteiger partial charge on any atom is 0.129 e. The number of fused-ring (bicyclic) bond motifs is 1. The van der Waals surface area contributed by atoms with E-state index in [0.29, 0.717) is 0 Å². The molecule has 4 heteroatoms. The topological polar surface area (TPSA) is 28.2 Å². The highest BCUT2D eigenvalue weighted by molar-refractivity contribution is 6.30. The molecule has 0 spiro atoms. The number of piperazine rings is 1. The smallest absolute Gasteiger partial charge is 0.129 e. The molecule has 1 N–H and O–H groups in total. The molecule has 1 saturated heterocycles. The lowest BCUT2D eigenvalue weighted by molar-refractivity contribution is 0.585. The van der Waals surface area contributed by atoms with Gasteiger partial charge in [-0.3, -0.25) is 0 Å². The lowest BCUT2D eigenvalue weighted by atomic mass is 10.0. The summed E-state index contributed by atoms with van der Waals surface area (Å²) in [7, 11) is 0. The van der Waals surface area contributed by atoms with E-state index in [9.17, 15) is 0 Å². The van der Waals surface area contributed by atoms with Crippen LogP contribution in [0.3, 0.4) is 0 Å². The number of rotatable bonds is 2. The summed E-state index contributed by atoms with van der Waals surface area (Å²) >= 11 is 6.04. The number of hydrogen-bond donors (Lipinski definition) is 1. The number of aromatic nitrogens is 1. The van der Waals surface area contributed by atoms with Crippen molar-refractivity contribution in [2.24, 2.45) is 0 Å². The van der Waals surface area contributed by atoms with E-state index in [0.717, 1.165) is 42.5 Å². The Morgan fingerprint density at radius 2 is 1.70 bits per heavy atom. The molecular weight excluding hydrogens is 306 g/mol. The maximum atomic E-state index is 6.04. The molecule has 2 heterocycles. The van der Waals surface area contributed by atoms with Crippen molar-refractivity contribution in [2.45, 2.75) is 0 Å². The quantitative estimate of drug-likeness (QED) is 0.773. The summed E-state index contributed by atoms with van der Waals surface area (Å²) in [5.41, 5.74) is 3.42. The molecule has 3 nitrogen and oxygen atoms in total. The van der Waals surface area contributed by atoms with Gasteiger partial charge in [0.1, 0.15) is 5.82 Å². The van der Waals surface area contributed by atoms with Crippen molar-refractivity contribution < 1.29 is 0 Å². The third-order valence-electron chi connectivity index (χ3n) is 4.30. The minimum atomic E-state index is 0.759. The second kappa shape index (κ2) is 6.19. The van der Waals surface area contributed by atoms with Crippen molar-refractivity contribution in [1.82, 2.24) is 10.3 Å². The number of pyridine rings is 1. The van der Waals surface area contributed by atoms with Gasteiger partial charge < -0.3 is 10.2 Å². The Morgan fingerprint density at radius 3 is 2.48 bits per heavy atom. The van der Waals surface area contributed by atoms with Crippen molar-refractivity contribution in [1.29, 1.82) is 0 Å². The van der Waals surface area contributed by atoms with Crippen LogP contribution in [0.5, 0.6) is 0 Å². The molecule has 1 aromatic heterocycles. The van der Waals surface area contributed by atoms with Crippen LogP contribution in [0.1, 0.15) is 0 Å². The molecule has 0 atom stereocenters. The van der Waals surface area contributed by atoms with Gasteiger partial charge in [0.2, 0.25) is 0 Å². The third kappa shape index (κ3) is 2.90. The largest absolute Gasteiger partial charge is 0.354 e. The van der Waals surface area contributed by atoms with Gasteiger partial charge in [0, 0.05) is 36.6 Å². The van der Waals surface area contributed by atoms with Gasteiger partial charge in [0.05, 0.1) is 5.52 Å². The van der Waals surface area contributed by atoms with Gasteiger partial charge in [-0.25, -0.2) is 4.98 Å². The summed E-state index contributed by atoms with van der Waals surface area (Å²) in [5.74, 6) is 1.05. The number of para-hydroxylation sites is 1. The molecule has 23 heavy (non-hydrogen) atoms. The Labute approximate surface area is 140 Å². The summed E-state index contributed by atoms with van der Waals surface area (Å²) in [6, 6.07) is 18.6. The SMILES string of the molecule is Clc1ccc(-c2cc(N3CCNCC3)nc3ccccc23)cc1. The Balaban J connectivity index is 1.88. The first-order chi connectivity index (χ1) is 11.3. The Morgan fingerprint density at radius 1 is 0.957 bits per heavy atom. The highest BCUT2D eigenvalue weighted by atomic mass is 35.5. The number of nitrogens with one attached hydrogen (secondary N) is 1. The molecule has 4 rings (SSSR count). The minimum absolute atomic E-state index is 0.759. The second-order valence-electron chi connectivity index (χ2n) is 5.79. The van der Waals surface area contributed by atoms with Crippen LogP contribution in [0.4, 0.5) is 5.82 Å². The average Bonchev–Trinajstić information content (AvgIpc) is 2.62. The monoisotopic (exact) mass is 323 g/mol. The van der Waals surface area contributed by atoms with Crippen LogP contribution in [0.2, 0.25) is 5.02 Å². The van der Waals surface area contributed by atoms with E-state index in [1.807, 2.05) is 18.2 Å². The summed E-state index contributed by atoms with van der Waals surface area (Å²) < 4.78 is 0. The zero-order chi connectivity index (χ0) is 15.6. The molecular formula is C19H18ClN3.